The van der Waals surface area contributed by atoms with E-state index in [1.54, 1.807) is 0 Å². The minimum absolute atomic E-state index is 0. The van der Waals surface area contributed by atoms with Gasteiger partial charge in [0.1, 0.15) is 10.1 Å². The van der Waals surface area contributed by atoms with Crippen molar-refractivity contribution in [1.82, 2.24) is 0 Å². The van der Waals surface area contributed by atoms with Crippen LogP contribution in [-0.2, 0) is 47.0 Å². The smallest absolute Gasteiger partial charge is 0.136 e. The van der Waals surface area contributed by atoms with Crippen molar-refractivity contribution in [3.8, 4) is 0 Å². The molecular weight excluding hydrogens is 205 g/mol. The second-order valence-corrected chi connectivity index (χ2v) is 2.82. The van der Waals surface area contributed by atoms with Gasteiger partial charge in [-0.2, -0.15) is 5.75 Å². The van der Waals surface area contributed by atoms with E-state index in [0.717, 1.165) is 0 Å². The molecule has 0 atom stereocenters. The maximum Gasteiger partial charge on any atom is 0.136 e. The molecule has 1 heterocycles. The average molecular weight is 210 g/mol. The van der Waals surface area contributed by atoms with Crippen molar-refractivity contribution in [3.63, 3.8) is 0 Å². The molecule has 0 bridgehead atoms. The third-order valence-electron chi connectivity index (χ3n) is 0.687. The van der Waals surface area contributed by atoms with E-state index in [9.17, 15) is 8.42 Å². The van der Waals surface area contributed by atoms with E-state index in [4.69, 9.17) is 0 Å². The van der Waals surface area contributed by atoms with Crippen LogP contribution in [0.4, 0.5) is 0 Å². The molecule has 0 aromatic carbocycles. The van der Waals surface area contributed by atoms with E-state index in [0.29, 0.717) is 13.0 Å². The summed E-state index contributed by atoms with van der Waals surface area (Å²) in [5, 5.41) is 0. The van der Waals surface area contributed by atoms with E-state index in [1.165, 1.54) is 5.75 Å². The van der Waals surface area contributed by atoms with Gasteiger partial charge in [-0.25, -0.2) is 8.42 Å². The fraction of sp³-hybridized carbons (Fsp3) is 0.667. The Morgan fingerprint density at radius 1 is 1.50 bits per heavy atom. The number of hydrogen-bond donors (Lipinski definition) is 0. The van der Waals surface area contributed by atoms with E-state index in [1.807, 2.05) is 0 Å². The Morgan fingerprint density at radius 2 is 2.12 bits per heavy atom. The van der Waals surface area contributed by atoms with Gasteiger partial charge in [0.2, 0.25) is 0 Å². The van der Waals surface area contributed by atoms with Crippen molar-refractivity contribution in [3.05, 3.63) is 5.75 Å². The van der Waals surface area contributed by atoms with Crippen molar-refractivity contribution in [2.24, 2.45) is 0 Å². The minimum Gasteiger partial charge on any atom is -0.297 e. The molecule has 3 nitrogen and oxygen atoms in total. The summed E-state index contributed by atoms with van der Waals surface area (Å²) in [7, 11) is -3.17. The fourth-order valence-electron chi connectivity index (χ4n) is 0.405. The minimum atomic E-state index is -3.17. The predicted octanol–water partition coefficient (Wildman–Crippen LogP) is -0.104. The molecule has 8 heavy (non-hydrogen) atoms. The Kier molecular flexibility index (Phi) is 3.66. The Labute approximate surface area is 73.8 Å². The van der Waals surface area contributed by atoms with Gasteiger partial charge in [-0.05, 0) is 0 Å². The Hall–Kier alpha value is 1.01. The summed E-state index contributed by atoms with van der Waals surface area (Å²) in [6.45, 7) is 0.322. The van der Waals surface area contributed by atoms with Gasteiger partial charge in [0, 0.05) is 39.3 Å². The van der Waals surface area contributed by atoms with Crippen LogP contribution < -0.4 is 0 Å². The maximum atomic E-state index is 10.2. The van der Waals surface area contributed by atoms with Crippen molar-refractivity contribution < 1.29 is 45.3 Å². The van der Waals surface area contributed by atoms with E-state index in [-0.39, 0.29) is 32.7 Å². The van der Waals surface area contributed by atoms with Crippen molar-refractivity contribution in [2.75, 3.05) is 6.61 Å². The first-order valence-corrected chi connectivity index (χ1v) is 3.40. The summed E-state index contributed by atoms with van der Waals surface area (Å²) < 4.78 is 24.6. The molecule has 0 unspecified atom stereocenters. The second-order valence-electron chi connectivity index (χ2n) is 1.27. The van der Waals surface area contributed by atoms with Gasteiger partial charge in [-0.15, -0.1) is 6.42 Å². The molecule has 1 radical (unpaired) electrons. The molecule has 1 aliphatic heterocycles. The zero-order valence-corrected chi connectivity index (χ0v) is 7.86. The first-order valence-electron chi connectivity index (χ1n) is 1.93. The molecule has 1 saturated heterocycles. The SMILES string of the molecule is O=S1(=O)[CH-]CCO1.[Y]. The second kappa shape index (κ2) is 3.25. The van der Waals surface area contributed by atoms with E-state index in [2.05, 4.69) is 4.18 Å². The molecule has 5 heteroatoms. The summed E-state index contributed by atoms with van der Waals surface area (Å²) in [6, 6.07) is 0. The maximum absolute atomic E-state index is 10.2. The zero-order chi connectivity index (χ0) is 5.33. The molecule has 45 valence electrons. The number of hydrogen-bond acceptors (Lipinski definition) is 3. The summed E-state index contributed by atoms with van der Waals surface area (Å²) in [5.41, 5.74) is 0. The molecule has 0 aromatic heterocycles. The summed E-state index contributed by atoms with van der Waals surface area (Å²) in [6.07, 6.45) is 0.530. The van der Waals surface area contributed by atoms with Crippen LogP contribution in [0.25, 0.3) is 0 Å². The molecule has 0 amide bonds. The molecule has 0 spiro atoms. The predicted molar refractivity (Wildman–Crippen MR) is 23.8 cm³/mol. The van der Waals surface area contributed by atoms with Crippen molar-refractivity contribution >= 4 is 10.1 Å². The van der Waals surface area contributed by atoms with E-state index >= 15 is 0 Å². The van der Waals surface area contributed by atoms with E-state index < -0.39 is 10.1 Å². The Bertz CT molecular complexity index is 138. The molecule has 0 saturated carbocycles. The molecule has 0 N–H and O–H groups in total. The fourth-order valence-corrected chi connectivity index (χ4v) is 1.21. The summed E-state index contributed by atoms with van der Waals surface area (Å²) in [4.78, 5) is 0. The molecule has 1 rings (SSSR count). The average Bonchev–Trinajstić information content (AvgIpc) is 1.84. The molecular formula is C3H5O3SY-. The molecule has 0 aromatic rings. The van der Waals surface area contributed by atoms with Crippen LogP contribution in [0.3, 0.4) is 0 Å². The largest absolute Gasteiger partial charge is 0.297 e. The normalized spacial score (nSPS) is 24.5. The molecule has 1 aliphatic rings. The van der Waals surface area contributed by atoms with Crippen molar-refractivity contribution in [2.45, 2.75) is 6.42 Å². The van der Waals surface area contributed by atoms with Crippen molar-refractivity contribution in [1.29, 1.82) is 0 Å². The Morgan fingerprint density at radius 3 is 2.25 bits per heavy atom. The van der Waals surface area contributed by atoms with Gasteiger partial charge in [0.25, 0.3) is 0 Å². The summed E-state index contributed by atoms with van der Waals surface area (Å²) >= 11 is 0. The van der Waals surface area contributed by atoms with Gasteiger partial charge in [-0.1, -0.05) is 0 Å². The number of rotatable bonds is 0. The van der Waals surface area contributed by atoms with Crippen LogP contribution in [0.5, 0.6) is 0 Å². The van der Waals surface area contributed by atoms with Crippen LogP contribution in [0.2, 0.25) is 0 Å². The van der Waals surface area contributed by atoms with Crippen LogP contribution in [0.1, 0.15) is 6.42 Å². The zero-order valence-electron chi connectivity index (χ0n) is 4.20. The van der Waals surface area contributed by atoms with Crippen LogP contribution in [0.15, 0.2) is 0 Å². The van der Waals surface area contributed by atoms with Crippen LogP contribution >= 0.6 is 0 Å². The Balaban J connectivity index is 0.000000490. The monoisotopic (exact) mass is 210 g/mol. The van der Waals surface area contributed by atoms with Gasteiger partial charge in [0.05, 0.1) is 0 Å². The van der Waals surface area contributed by atoms with Gasteiger partial charge in [0.15, 0.2) is 0 Å². The third kappa shape index (κ3) is 2.53. The topological polar surface area (TPSA) is 43.4 Å². The molecule has 0 aliphatic carbocycles. The first kappa shape index (κ1) is 9.01. The first-order chi connectivity index (χ1) is 3.21. The van der Waals surface area contributed by atoms with Crippen LogP contribution in [0, 0.1) is 5.75 Å². The van der Waals surface area contributed by atoms with Gasteiger partial charge in [-0.3, -0.25) is 4.18 Å². The summed E-state index contributed by atoms with van der Waals surface area (Å²) in [5.74, 6) is 1.17. The molecule has 1 fully saturated rings. The third-order valence-corrected chi connectivity index (χ3v) is 1.83. The van der Waals surface area contributed by atoms with Gasteiger partial charge >= 0.3 is 0 Å². The van der Waals surface area contributed by atoms with Crippen LogP contribution in [-0.4, -0.2) is 15.0 Å². The van der Waals surface area contributed by atoms with Gasteiger partial charge < -0.3 is 0 Å². The quantitative estimate of drug-likeness (QED) is 0.414. The standard InChI is InChI=1S/C3H5O3S.Y/c4-7(5)3-1-2-6-7;/h3H,1-2H2;/q-1;.